The molecule has 0 radical (unpaired) electrons. The van der Waals surface area contributed by atoms with E-state index < -0.39 is 0 Å². The van der Waals surface area contributed by atoms with Gasteiger partial charge in [0.1, 0.15) is 0 Å². The Kier molecular flexibility index (Phi) is 4.55. The van der Waals surface area contributed by atoms with Crippen LogP contribution < -0.4 is 15.4 Å². The zero-order chi connectivity index (χ0) is 14.5. The van der Waals surface area contributed by atoms with Crippen LogP contribution in [0.15, 0.2) is 18.3 Å². The topological polar surface area (TPSA) is 80.3 Å². The molecule has 0 aromatic carbocycles. The first-order valence-electron chi connectivity index (χ1n) is 6.71. The average Bonchev–Trinajstić information content (AvgIpc) is 2.83. The van der Waals surface area contributed by atoms with Crippen molar-refractivity contribution in [3.05, 3.63) is 23.9 Å². The van der Waals surface area contributed by atoms with Crippen LogP contribution in [-0.4, -0.2) is 29.4 Å². The summed E-state index contributed by atoms with van der Waals surface area (Å²) in [6.07, 6.45) is 1.94. The number of nitrogens with zero attached hydrogens (tertiary/aromatic N) is 1. The lowest BCUT2D eigenvalue weighted by molar-refractivity contribution is -0.126. The number of carbonyl (C=O) groups is 2. The van der Waals surface area contributed by atoms with Crippen LogP contribution in [0.5, 0.6) is 5.88 Å². The predicted molar refractivity (Wildman–Crippen MR) is 73.0 cm³/mol. The molecule has 2 amide bonds. The molecule has 2 rings (SSSR count). The largest absolute Gasteiger partial charge is 0.475 e. The van der Waals surface area contributed by atoms with Crippen molar-refractivity contribution < 1.29 is 14.3 Å². The summed E-state index contributed by atoms with van der Waals surface area (Å²) in [7, 11) is 0. The molecule has 1 saturated heterocycles. The number of nitrogens with one attached hydrogen (secondary N) is 2. The molecule has 0 aliphatic carbocycles. The van der Waals surface area contributed by atoms with Gasteiger partial charge in [-0.2, -0.15) is 0 Å². The van der Waals surface area contributed by atoms with Gasteiger partial charge in [0.2, 0.25) is 17.7 Å². The van der Waals surface area contributed by atoms with E-state index in [0.29, 0.717) is 19.0 Å². The van der Waals surface area contributed by atoms with Crippen molar-refractivity contribution in [3.63, 3.8) is 0 Å². The number of hydrogen-bond acceptors (Lipinski definition) is 4. The molecule has 1 aliphatic heterocycles. The third kappa shape index (κ3) is 3.69. The van der Waals surface area contributed by atoms with Gasteiger partial charge >= 0.3 is 0 Å². The van der Waals surface area contributed by atoms with Crippen LogP contribution in [0.25, 0.3) is 0 Å². The van der Waals surface area contributed by atoms with Gasteiger partial charge in [0, 0.05) is 31.3 Å². The van der Waals surface area contributed by atoms with E-state index in [9.17, 15) is 9.59 Å². The lowest BCUT2D eigenvalue weighted by Crippen LogP contribution is -2.31. The molecular formula is C14H19N3O3. The van der Waals surface area contributed by atoms with Gasteiger partial charge < -0.3 is 15.4 Å². The lowest BCUT2D eigenvalue weighted by Gasteiger charge is -2.14. The second-order valence-electron chi connectivity index (χ2n) is 5.06. The third-order valence-corrected chi connectivity index (χ3v) is 3.00. The van der Waals surface area contributed by atoms with Crippen LogP contribution in [0.1, 0.15) is 25.8 Å². The highest BCUT2D eigenvalue weighted by atomic mass is 16.5. The van der Waals surface area contributed by atoms with Gasteiger partial charge in [-0.05, 0) is 19.9 Å². The molecular weight excluding hydrogens is 258 g/mol. The van der Waals surface area contributed by atoms with Gasteiger partial charge in [-0.3, -0.25) is 9.59 Å². The summed E-state index contributed by atoms with van der Waals surface area (Å²) in [6.45, 7) is 4.60. The number of ether oxygens (including phenoxy) is 1. The Bertz CT molecular complexity index is 502. The SMILES string of the molecule is CC(C)Oc1ncccc1CNC(=O)C1CNC(=O)C1. The average molecular weight is 277 g/mol. The molecule has 6 nitrogen and oxygen atoms in total. The van der Waals surface area contributed by atoms with Crippen LogP contribution in [0.3, 0.4) is 0 Å². The Balaban J connectivity index is 1.93. The standard InChI is InChI=1S/C14H19N3O3/c1-9(2)20-14-10(4-3-5-15-14)7-17-13(19)11-6-12(18)16-8-11/h3-5,9,11H,6-8H2,1-2H3,(H,16,18)(H,17,19). The Morgan fingerprint density at radius 2 is 2.40 bits per heavy atom. The molecule has 108 valence electrons. The first kappa shape index (κ1) is 14.3. The molecule has 1 unspecified atom stereocenters. The van der Waals surface area contributed by atoms with Crippen molar-refractivity contribution in [2.45, 2.75) is 32.9 Å². The van der Waals surface area contributed by atoms with E-state index in [0.717, 1.165) is 5.56 Å². The zero-order valence-electron chi connectivity index (χ0n) is 11.7. The first-order chi connectivity index (χ1) is 9.56. The second-order valence-corrected chi connectivity index (χ2v) is 5.06. The summed E-state index contributed by atoms with van der Waals surface area (Å²) >= 11 is 0. The predicted octanol–water partition coefficient (Wildman–Crippen LogP) is 0.621. The van der Waals surface area contributed by atoms with Crippen molar-refractivity contribution in [1.29, 1.82) is 0 Å². The lowest BCUT2D eigenvalue weighted by atomic mass is 10.1. The third-order valence-electron chi connectivity index (χ3n) is 3.00. The van der Waals surface area contributed by atoms with Crippen molar-refractivity contribution in [2.75, 3.05) is 6.54 Å². The molecule has 6 heteroatoms. The van der Waals surface area contributed by atoms with E-state index >= 15 is 0 Å². The van der Waals surface area contributed by atoms with E-state index in [-0.39, 0.29) is 30.3 Å². The highest BCUT2D eigenvalue weighted by Crippen LogP contribution is 2.16. The highest BCUT2D eigenvalue weighted by Gasteiger charge is 2.27. The van der Waals surface area contributed by atoms with Gasteiger partial charge in [0.15, 0.2) is 0 Å². The fourth-order valence-electron chi connectivity index (χ4n) is 2.01. The van der Waals surface area contributed by atoms with Gasteiger partial charge in [0.25, 0.3) is 0 Å². The quantitative estimate of drug-likeness (QED) is 0.827. The van der Waals surface area contributed by atoms with E-state index in [4.69, 9.17) is 4.74 Å². The summed E-state index contributed by atoms with van der Waals surface area (Å²) < 4.78 is 5.59. The minimum atomic E-state index is -0.284. The van der Waals surface area contributed by atoms with Gasteiger partial charge in [-0.25, -0.2) is 4.98 Å². The van der Waals surface area contributed by atoms with Gasteiger partial charge in [-0.15, -0.1) is 0 Å². The summed E-state index contributed by atoms with van der Waals surface area (Å²) in [5.74, 6) is 0.0510. The molecule has 2 N–H and O–H groups in total. The van der Waals surface area contributed by atoms with Gasteiger partial charge in [-0.1, -0.05) is 6.07 Å². The van der Waals surface area contributed by atoms with Crippen molar-refractivity contribution >= 4 is 11.8 Å². The summed E-state index contributed by atoms with van der Waals surface area (Å²) in [6, 6.07) is 3.67. The number of pyridine rings is 1. The molecule has 1 atom stereocenters. The van der Waals surface area contributed by atoms with Gasteiger partial charge in [0.05, 0.1) is 12.0 Å². The monoisotopic (exact) mass is 277 g/mol. The summed E-state index contributed by atoms with van der Waals surface area (Å²) in [4.78, 5) is 27.2. The smallest absolute Gasteiger partial charge is 0.225 e. The molecule has 1 fully saturated rings. The molecule has 0 bridgehead atoms. The molecule has 1 aromatic rings. The summed E-state index contributed by atoms with van der Waals surface area (Å²) in [5.41, 5.74) is 0.826. The number of aromatic nitrogens is 1. The molecule has 0 saturated carbocycles. The molecule has 20 heavy (non-hydrogen) atoms. The fourth-order valence-corrected chi connectivity index (χ4v) is 2.01. The minimum absolute atomic E-state index is 0.0241. The molecule has 2 heterocycles. The minimum Gasteiger partial charge on any atom is -0.475 e. The first-order valence-corrected chi connectivity index (χ1v) is 6.71. The Morgan fingerprint density at radius 1 is 1.60 bits per heavy atom. The van der Waals surface area contributed by atoms with E-state index in [1.165, 1.54) is 0 Å². The van der Waals surface area contributed by atoms with Crippen LogP contribution in [0.2, 0.25) is 0 Å². The number of amides is 2. The van der Waals surface area contributed by atoms with E-state index in [2.05, 4.69) is 15.6 Å². The summed E-state index contributed by atoms with van der Waals surface area (Å²) in [5, 5.41) is 5.47. The Hall–Kier alpha value is -2.11. The zero-order valence-corrected chi connectivity index (χ0v) is 11.7. The van der Waals surface area contributed by atoms with Crippen LogP contribution >= 0.6 is 0 Å². The highest BCUT2D eigenvalue weighted by molar-refractivity contribution is 5.89. The van der Waals surface area contributed by atoms with Crippen LogP contribution in [0, 0.1) is 5.92 Å². The normalized spacial score (nSPS) is 17.9. The van der Waals surface area contributed by atoms with E-state index in [1.54, 1.807) is 12.3 Å². The number of rotatable bonds is 5. The number of hydrogen-bond donors (Lipinski definition) is 2. The maximum absolute atomic E-state index is 11.9. The van der Waals surface area contributed by atoms with Crippen LogP contribution in [0.4, 0.5) is 0 Å². The van der Waals surface area contributed by atoms with Crippen molar-refractivity contribution in [3.8, 4) is 5.88 Å². The Morgan fingerprint density at radius 3 is 3.05 bits per heavy atom. The van der Waals surface area contributed by atoms with Crippen molar-refractivity contribution in [1.82, 2.24) is 15.6 Å². The van der Waals surface area contributed by atoms with E-state index in [1.807, 2.05) is 19.9 Å². The molecule has 0 spiro atoms. The molecule has 1 aromatic heterocycles. The fraction of sp³-hybridized carbons (Fsp3) is 0.500. The Labute approximate surface area is 117 Å². The maximum atomic E-state index is 11.9. The second kappa shape index (κ2) is 6.36. The van der Waals surface area contributed by atoms with Crippen LogP contribution in [-0.2, 0) is 16.1 Å². The maximum Gasteiger partial charge on any atom is 0.225 e. The number of carbonyl (C=O) groups excluding carboxylic acids is 2. The van der Waals surface area contributed by atoms with Crippen molar-refractivity contribution in [2.24, 2.45) is 5.92 Å². The molecule has 1 aliphatic rings.